The molecule has 3 N–H and O–H groups in total. The number of hydrogen-bond donors (Lipinski definition) is 2. The minimum absolute atomic E-state index is 0. The van der Waals surface area contributed by atoms with Gasteiger partial charge in [-0.15, -0.1) is 12.4 Å². The lowest BCUT2D eigenvalue weighted by atomic mass is 10.1. The van der Waals surface area contributed by atoms with Gasteiger partial charge in [0.2, 0.25) is 5.91 Å². The van der Waals surface area contributed by atoms with Gasteiger partial charge in [0, 0.05) is 6.54 Å². The van der Waals surface area contributed by atoms with Crippen LogP contribution in [0.3, 0.4) is 0 Å². The highest BCUT2D eigenvalue weighted by Crippen LogP contribution is 2.27. The zero-order valence-corrected chi connectivity index (χ0v) is 13.7. The molecule has 0 radical (unpaired) electrons. The fourth-order valence-corrected chi connectivity index (χ4v) is 1.94. The van der Waals surface area contributed by atoms with E-state index in [0.29, 0.717) is 24.5 Å². The van der Waals surface area contributed by atoms with Gasteiger partial charge in [-0.1, -0.05) is 19.4 Å². The van der Waals surface area contributed by atoms with E-state index in [1.54, 1.807) is 14.2 Å². The Morgan fingerprint density at radius 3 is 2.52 bits per heavy atom. The molecule has 0 heterocycles. The summed E-state index contributed by atoms with van der Waals surface area (Å²) in [5.74, 6) is 1.30. The van der Waals surface area contributed by atoms with Crippen molar-refractivity contribution < 1.29 is 14.3 Å². The maximum absolute atomic E-state index is 11.7. The number of carbonyl (C=O) groups excluding carboxylic acids is 1. The molecule has 6 heteroatoms. The van der Waals surface area contributed by atoms with Crippen molar-refractivity contribution in [2.45, 2.75) is 32.2 Å². The second-order valence-electron chi connectivity index (χ2n) is 4.63. The van der Waals surface area contributed by atoms with E-state index in [9.17, 15) is 4.79 Å². The van der Waals surface area contributed by atoms with Gasteiger partial charge in [-0.2, -0.15) is 0 Å². The summed E-state index contributed by atoms with van der Waals surface area (Å²) in [5, 5.41) is 2.85. The molecule has 0 aromatic heterocycles. The van der Waals surface area contributed by atoms with Crippen molar-refractivity contribution in [2.75, 3.05) is 20.8 Å². The number of benzene rings is 1. The Labute approximate surface area is 132 Å². The third-order valence-corrected chi connectivity index (χ3v) is 3.10. The third-order valence-electron chi connectivity index (χ3n) is 3.10. The molecule has 21 heavy (non-hydrogen) atoms. The highest BCUT2D eigenvalue weighted by molar-refractivity contribution is 5.85. The Bertz CT molecular complexity index is 441. The van der Waals surface area contributed by atoms with Crippen LogP contribution in [-0.4, -0.2) is 32.7 Å². The molecule has 0 saturated carbocycles. The van der Waals surface area contributed by atoms with Gasteiger partial charge in [-0.05, 0) is 30.5 Å². The molecule has 5 nitrogen and oxygen atoms in total. The maximum Gasteiger partial charge on any atom is 0.236 e. The molecule has 0 saturated heterocycles. The van der Waals surface area contributed by atoms with Crippen LogP contribution in [0.15, 0.2) is 18.2 Å². The fourth-order valence-electron chi connectivity index (χ4n) is 1.94. The van der Waals surface area contributed by atoms with Crippen LogP contribution in [0.4, 0.5) is 0 Å². The average molecular weight is 317 g/mol. The number of halogens is 1. The molecule has 0 fully saturated rings. The molecule has 1 amide bonds. The number of rotatable bonds is 8. The smallest absolute Gasteiger partial charge is 0.236 e. The van der Waals surface area contributed by atoms with Crippen LogP contribution in [0.1, 0.15) is 25.3 Å². The Morgan fingerprint density at radius 2 is 1.95 bits per heavy atom. The predicted octanol–water partition coefficient (Wildman–Crippen LogP) is 1.91. The molecule has 0 aliphatic heterocycles. The number of nitrogens with one attached hydrogen (secondary N) is 1. The van der Waals surface area contributed by atoms with Crippen LogP contribution in [-0.2, 0) is 11.2 Å². The molecule has 1 atom stereocenters. The predicted molar refractivity (Wildman–Crippen MR) is 86.4 cm³/mol. The molecule has 0 aliphatic rings. The number of carbonyl (C=O) groups is 1. The van der Waals surface area contributed by atoms with Crippen LogP contribution >= 0.6 is 12.4 Å². The summed E-state index contributed by atoms with van der Waals surface area (Å²) in [4.78, 5) is 11.7. The average Bonchev–Trinajstić information content (AvgIpc) is 2.47. The van der Waals surface area contributed by atoms with Crippen LogP contribution in [0.2, 0.25) is 0 Å². The van der Waals surface area contributed by atoms with Gasteiger partial charge >= 0.3 is 0 Å². The van der Waals surface area contributed by atoms with E-state index < -0.39 is 6.04 Å². The van der Waals surface area contributed by atoms with Gasteiger partial charge in [0.05, 0.1) is 20.3 Å². The SMILES string of the molecule is CCCC(N)C(=O)NCCc1ccc(OC)c(OC)c1.Cl. The normalized spacial score (nSPS) is 11.2. The van der Waals surface area contributed by atoms with Gasteiger partial charge < -0.3 is 20.5 Å². The second-order valence-corrected chi connectivity index (χ2v) is 4.63. The molecule has 1 rings (SSSR count). The first-order valence-electron chi connectivity index (χ1n) is 6.86. The van der Waals surface area contributed by atoms with E-state index in [1.165, 1.54) is 0 Å². The summed E-state index contributed by atoms with van der Waals surface area (Å²) in [7, 11) is 3.21. The zero-order valence-electron chi connectivity index (χ0n) is 12.8. The maximum atomic E-state index is 11.7. The highest BCUT2D eigenvalue weighted by atomic mass is 35.5. The van der Waals surface area contributed by atoms with E-state index in [4.69, 9.17) is 15.2 Å². The Hall–Kier alpha value is -1.46. The molecule has 0 spiro atoms. The largest absolute Gasteiger partial charge is 0.493 e. The van der Waals surface area contributed by atoms with Crippen molar-refractivity contribution in [3.05, 3.63) is 23.8 Å². The first-order chi connectivity index (χ1) is 9.62. The van der Waals surface area contributed by atoms with Gasteiger partial charge in [-0.3, -0.25) is 4.79 Å². The van der Waals surface area contributed by atoms with Crippen LogP contribution in [0.5, 0.6) is 11.5 Å². The van der Waals surface area contributed by atoms with Crippen molar-refractivity contribution >= 4 is 18.3 Å². The van der Waals surface area contributed by atoms with Crippen molar-refractivity contribution in [1.82, 2.24) is 5.32 Å². The first-order valence-corrected chi connectivity index (χ1v) is 6.86. The topological polar surface area (TPSA) is 73.6 Å². The first kappa shape index (κ1) is 19.5. The summed E-state index contributed by atoms with van der Waals surface area (Å²) in [5.41, 5.74) is 6.82. The van der Waals surface area contributed by atoms with Gasteiger partial charge in [0.25, 0.3) is 0 Å². The highest BCUT2D eigenvalue weighted by Gasteiger charge is 2.11. The van der Waals surface area contributed by atoms with Gasteiger partial charge in [0.1, 0.15) is 0 Å². The monoisotopic (exact) mass is 316 g/mol. The third kappa shape index (κ3) is 6.23. The fraction of sp³-hybridized carbons (Fsp3) is 0.533. The van der Waals surface area contributed by atoms with Crippen molar-refractivity contribution in [3.8, 4) is 11.5 Å². The number of methoxy groups -OCH3 is 2. The van der Waals surface area contributed by atoms with Crippen molar-refractivity contribution in [1.29, 1.82) is 0 Å². The van der Waals surface area contributed by atoms with E-state index in [0.717, 1.165) is 18.4 Å². The minimum Gasteiger partial charge on any atom is -0.493 e. The number of hydrogen-bond acceptors (Lipinski definition) is 4. The molecule has 0 bridgehead atoms. The lowest BCUT2D eigenvalue weighted by molar-refractivity contribution is -0.122. The van der Waals surface area contributed by atoms with Gasteiger partial charge in [-0.25, -0.2) is 0 Å². The summed E-state index contributed by atoms with van der Waals surface area (Å²) < 4.78 is 10.4. The van der Waals surface area contributed by atoms with E-state index >= 15 is 0 Å². The van der Waals surface area contributed by atoms with Crippen molar-refractivity contribution in [3.63, 3.8) is 0 Å². The lowest BCUT2D eigenvalue weighted by Crippen LogP contribution is -2.41. The molecule has 1 aromatic carbocycles. The standard InChI is InChI=1S/C15H24N2O3.ClH/c1-4-5-12(16)15(18)17-9-8-11-6-7-13(19-2)14(10-11)20-3;/h6-7,10,12H,4-5,8-9,16H2,1-3H3,(H,17,18);1H. The number of amides is 1. The zero-order chi connectivity index (χ0) is 15.0. The van der Waals surface area contributed by atoms with Crippen LogP contribution in [0.25, 0.3) is 0 Å². The van der Waals surface area contributed by atoms with Crippen LogP contribution < -0.4 is 20.5 Å². The summed E-state index contributed by atoms with van der Waals surface area (Å²) >= 11 is 0. The van der Waals surface area contributed by atoms with E-state index in [1.807, 2.05) is 25.1 Å². The minimum atomic E-state index is -0.412. The van der Waals surface area contributed by atoms with Gasteiger partial charge in [0.15, 0.2) is 11.5 Å². The number of nitrogens with two attached hydrogens (primary N) is 1. The molecule has 0 aliphatic carbocycles. The molecular formula is C15H25ClN2O3. The Kier molecular flexibility index (Phi) is 9.58. The summed E-state index contributed by atoms with van der Waals surface area (Å²) in [6.07, 6.45) is 2.34. The molecule has 120 valence electrons. The molecule has 1 aromatic rings. The summed E-state index contributed by atoms with van der Waals surface area (Å²) in [6, 6.07) is 5.32. The summed E-state index contributed by atoms with van der Waals surface area (Å²) in [6.45, 7) is 2.57. The quantitative estimate of drug-likeness (QED) is 0.768. The van der Waals surface area contributed by atoms with E-state index in [-0.39, 0.29) is 18.3 Å². The second kappa shape index (κ2) is 10.3. The Balaban J connectivity index is 0.00000400. The Morgan fingerprint density at radius 1 is 1.29 bits per heavy atom. The van der Waals surface area contributed by atoms with Crippen molar-refractivity contribution in [2.24, 2.45) is 5.73 Å². The number of ether oxygens (including phenoxy) is 2. The molecular weight excluding hydrogens is 292 g/mol. The van der Waals surface area contributed by atoms with Crippen LogP contribution in [0, 0.1) is 0 Å². The molecule has 1 unspecified atom stereocenters. The lowest BCUT2D eigenvalue weighted by Gasteiger charge is -2.12. The van der Waals surface area contributed by atoms with E-state index in [2.05, 4.69) is 5.32 Å².